The maximum Gasteiger partial charge on any atom is 0.205 e. The number of quaternary nitrogens is 1. The van der Waals surface area contributed by atoms with Crippen molar-refractivity contribution in [2.75, 3.05) is 26.6 Å². The number of hydrogen-bond acceptors (Lipinski definition) is 3. The minimum Gasteiger partial charge on any atom is -1.00 e. The van der Waals surface area contributed by atoms with Crippen molar-refractivity contribution >= 4 is 12.0 Å². The summed E-state index contributed by atoms with van der Waals surface area (Å²) in [5.74, 6) is 0.845. The van der Waals surface area contributed by atoms with Crippen molar-refractivity contribution in [1.29, 1.82) is 0 Å². The van der Waals surface area contributed by atoms with Gasteiger partial charge in [0.15, 0.2) is 0 Å². The highest BCUT2D eigenvalue weighted by atomic mass is 35.5. The SMILES string of the molecule is COc1ccc(N/N=C/[NH+](C)C)cc1.[Cl-]. The van der Waals surface area contributed by atoms with Gasteiger partial charge in [-0.25, -0.2) is 0 Å². The fraction of sp³-hybridized carbons (Fsp3) is 0.300. The van der Waals surface area contributed by atoms with E-state index >= 15 is 0 Å². The number of anilines is 1. The summed E-state index contributed by atoms with van der Waals surface area (Å²) in [6, 6.07) is 7.61. The van der Waals surface area contributed by atoms with Gasteiger partial charge in [-0.2, -0.15) is 0 Å². The lowest BCUT2D eigenvalue weighted by Crippen LogP contribution is -3.04. The summed E-state index contributed by atoms with van der Waals surface area (Å²) in [5, 5.41) is 4.04. The van der Waals surface area contributed by atoms with Gasteiger partial charge in [-0.1, -0.05) is 0 Å². The highest BCUT2D eigenvalue weighted by Crippen LogP contribution is 2.14. The second-order valence-electron chi connectivity index (χ2n) is 3.18. The van der Waals surface area contributed by atoms with E-state index in [2.05, 4.69) is 10.5 Å². The Labute approximate surface area is 96.3 Å². The first kappa shape index (κ1) is 13.7. The Kier molecular flexibility index (Phi) is 6.49. The van der Waals surface area contributed by atoms with Crippen molar-refractivity contribution in [3.8, 4) is 5.75 Å². The van der Waals surface area contributed by atoms with E-state index in [1.54, 1.807) is 13.4 Å². The fourth-order valence-electron chi connectivity index (χ4n) is 0.901. The summed E-state index contributed by atoms with van der Waals surface area (Å²) in [7, 11) is 5.65. The molecule has 0 spiro atoms. The summed E-state index contributed by atoms with van der Waals surface area (Å²) >= 11 is 0. The fourth-order valence-corrected chi connectivity index (χ4v) is 0.901. The first-order chi connectivity index (χ1) is 6.72. The number of benzene rings is 1. The van der Waals surface area contributed by atoms with E-state index in [-0.39, 0.29) is 12.4 Å². The van der Waals surface area contributed by atoms with Gasteiger partial charge in [-0.15, -0.1) is 5.10 Å². The molecule has 0 amide bonds. The van der Waals surface area contributed by atoms with Gasteiger partial charge in [-0.05, 0) is 24.3 Å². The van der Waals surface area contributed by atoms with Gasteiger partial charge in [0.25, 0.3) is 0 Å². The highest BCUT2D eigenvalue weighted by molar-refractivity contribution is 5.50. The summed E-state index contributed by atoms with van der Waals surface area (Å²) in [5.41, 5.74) is 3.87. The van der Waals surface area contributed by atoms with Crippen LogP contribution in [0.5, 0.6) is 5.75 Å². The Morgan fingerprint density at radius 2 is 1.87 bits per heavy atom. The third-order valence-corrected chi connectivity index (χ3v) is 1.61. The van der Waals surface area contributed by atoms with Gasteiger partial charge in [0.1, 0.15) is 5.75 Å². The van der Waals surface area contributed by atoms with Crippen molar-refractivity contribution in [1.82, 2.24) is 0 Å². The van der Waals surface area contributed by atoms with Crippen LogP contribution in [0.15, 0.2) is 29.4 Å². The monoisotopic (exact) mass is 229 g/mol. The lowest BCUT2D eigenvalue weighted by Gasteiger charge is -2.02. The number of ether oxygens (including phenoxy) is 1. The molecular formula is C10H16ClN3O. The first-order valence-electron chi connectivity index (χ1n) is 4.45. The summed E-state index contributed by atoms with van der Waals surface area (Å²) in [6.07, 6.45) is 1.78. The summed E-state index contributed by atoms with van der Waals surface area (Å²) in [4.78, 5) is 1.16. The number of halogens is 1. The summed E-state index contributed by atoms with van der Waals surface area (Å²) < 4.78 is 5.04. The zero-order chi connectivity index (χ0) is 10.4. The van der Waals surface area contributed by atoms with Gasteiger partial charge < -0.3 is 17.1 Å². The molecule has 1 aromatic rings. The number of nitrogens with zero attached hydrogens (tertiary/aromatic N) is 1. The second-order valence-corrected chi connectivity index (χ2v) is 3.18. The zero-order valence-corrected chi connectivity index (χ0v) is 9.88. The third-order valence-electron chi connectivity index (χ3n) is 1.61. The van der Waals surface area contributed by atoms with Crippen LogP contribution >= 0.6 is 0 Å². The Balaban J connectivity index is 0.00000196. The number of hydrazone groups is 1. The Morgan fingerprint density at radius 1 is 1.27 bits per heavy atom. The predicted molar refractivity (Wildman–Crippen MR) is 57.9 cm³/mol. The average Bonchev–Trinajstić information content (AvgIpc) is 2.18. The number of nitrogens with one attached hydrogen (secondary N) is 2. The van der Waals surface area contributed by atoms with Crippen molar-refractivity contribution in [3.05, 3.63) is 24.3 Å². The molecule has 0 aliphatic carbocycles. The topological polar surface area (TPSA) is 38.1 Å². The minimum atomic E-state index is 0. The lowest BCUT2D eigenvalue weighted by molar-refractivity contribution is -0.750. The molecule has 15 heavy (non-hydrogen) atoms. The molecule has 0 saturated carbocycles. The molecular weight excluding hydrogens is 214 g/mol. The number of methoxy groups -OCH3 is 1. The number of hydrogen-bond donors (Lipinski definition) is 2. The molecule has 0 aliphatic heterocycles. The normalized spacial score (nSPS) is 10.1. The van der Waals surface area contributed by atoms with E-state index in [0.717, 1.165) is 16.3 Å². The molecule has 5 heteroatoms. The van der Waals surface area contributed by atoms with Crippen LogP contribution in [0, 0.1) is 0 Å². The molecule has 1 aromatic carbocycles. The largest absolute Gasteiger partial charge is 1.00 e. The van der Waals surface area contributed by atoms with Gasteiger partial charge >= 0.3 is 0 Å². The van der Waals surface area contributed by atoms with Crippen LogP contribution in [0.2, 0.25) is 0 Å². The van der Waals surface area contributed by atoms with Gasteiger partial charge in [0, 0.05) is 0 Å². The van der Waals surface area contributed by atoms with Crippen molar-refractivity contribution in [2.45, 2.75) is 0 Å². The van der Waals surface area contributed by atoms with E-state index in [1.165, 1.54) is 0 Å². The lowest BCUT2D eigenvalue weighted by atomic mass is 10.3. The molecule has 0 unspecified atom stereocenters. The minimum absolute atomic E-state index is 0. The molecule has 0 fully saturated rings. The molecule has 0 aromatic heterocycles. The maximum atomic E-state index is 5.04. The van der Waals surface area contributed by atoms with Crippen LogP contribution < -0.4 is 27.5 Å². The van der Waals surface area contributed by atoms with E-state index in [9.17, 15) is 0 Å². The van der Waals surface area contributed by atoms with Crippen molar-refractivity contribution in [3.63, 3.8) is 0 Å². The highest BCUT2D eigenvalue weighted by Gasteiger charge is 1.91. The summed E-state index contributed by atoms with van der Waals surface area (Å²) in [6.45, 7) is 0. The Morgan fingerprint density at radius 3 is 2.33 bits per heavy atom. The molecule has 0 heterocycles. The van der Waals surface area contributed by atoms with Crippen LogP contribution in [0.25, 0.3) is 0 Å². The standard InChI is InChI=1S/C10H15N3O.ClH/c1-13(2)8-11-12-9-4-6-10(14-3)7-5-9;/h4-8,12H,1-3H3;1H/b11-8+;. The van der Waals surface area contributed by atoms with Crippen LogP contribution in [0.1, 0.15) is 0 Å². The van der Waals surface area contributed by atoms with E-state index in [1.807, 2.05) is 38.4 Å². The molecule has 1 rings (SSSR count). The molecule has 4 nitrogen and oxygen atoms in total. The molecule has 2 N–H and O–H groups in total. The van der Waals surface area contributed by atoms with Crippen molar-refractivity contribution < 1.29 is 22.0 Å². The van der Waals surface area contributed by atoms with Gasteiger partial charge in [-0.3, -0.25) is 10.3 Å². The van der Waals surface area contributed by atoms with E-state index in [0.29, 0.717) is 0 Å². The number of rotatable bonds is 4. The smallest absolute Gasteiger partial charge is 0.205 e. The first-order valence-corrected chi connectivity index (χ1v) is 4.45. The van der Waals surface area contributed by atoms with Crippen LogP contribution in [-0.4, -0.2) is 27.5 Å². The third kappa shape index (κ3) is 5.24. The Hall–Kier alpha value is -1.26. The molecule has 0 radical (unpaired) electrons. The maximum absolute atomic E-state index is 5.04. The van der Waals surface area contributed by atoms with Gasteiger partial charge in [0.05, 0.1) is 26.9 Å². The second kappa shape index (κ2) is 7.09. The molecule has 0 atom stereocenters. The van der Waals surface area contributed by atoms with Crippen LogP contribution in [0.3, 0.4) is 0 Å². The van der Waals surface area contributed by atoms with E-state index < -0.39 is 0 Å². The molecule has 0 saturated heterocycles. The Bertz CT molecular complexity index is 298. The van der Waals surface area contributed by atoms with E-state index in [4.69, 9.17) is 4.74 Å². The quantitative estimate of drug-likeness (QED) is 0.333. The van der Waals surface area contributed by atoms with Gasteiger partial charge in [0.2, 0.25) is 6.34 Å². The molecule has 84 valence electrons. The predicted octanol–water partition coefficient (Wildman–Crippen LogP) is -2.80. The van der Waals surface area contributed by atoms with Crippen molar-refractivity contribution in [2.24, 2.45) is 5.10 Å². The molecule has 0 bridgehead atoms. The van der Waals surface area contributed by atoms with Crippen LogP contribution in [0.4, 0.5) is 5.69 Å². The molecule has 0 aliphatic rings. The average molecular weight is 230 g/mol. The van der Waals surface area contributed by atoms with Crippen LogP contribution in [-0.2, 0) is 0 Å². The zero-order valence-electron chi connectivity index (χ0n) is 9.12.